The Bertz CT molecular complexity index is 281. The average Bonchev–Trinajstić information content (AvgIpc) is 2.34. The van der Waals surface area contributed by atoms with Crippen LogP contribution in [0, 0.1) is 10.8 Å². The van der Waals surface area contributed by atoms with Crippen LogP contribution < -0.4 is 11.1 Å². The second-order valence-electron chi connectivity index (χ2n) is 7.07. The predicted molar refractivity (Wildman–Crippen MR) is 86.6 cm³/mol. The number of nitrogens with two attached hydrogens (primary N) is 1. The highest BCUT2D eigenvalue weighted by molar-refractivity contribution is 5.82. The molecule has 0 radical (unpaired) electrons. The quantitative estimate of drug-likeness (QED) is 0.647. The van der Waals surface area contributed by atoms with Crippen molar-refractivity contribution in [2.45, 2.75) is 53.4 Å². The average molecular weight is 285 g/mol. The molecule has 0 aliphatic rings. The van der Waals surface area contributed by atoms with E-state index in [1.54, 1.807) is 0 Å². The van der Waals surface area contributed by atoms with Crippen molar-refractivity contribution in [2.24, 2.45) is 16.6 Å². The summed E-state index contributed by atoms with van der Waals surface area (Å²) >= 11 is 0. The largest absolute Gasteiger partial charge is 0.355 e. The van der Waals surface area contributed by atoms with Crippen molar-refractivity contribution in [3.05, 3.63) is 0 Å². The summed E-state index contributed by atoms with van der Waals surface area (Å²) in [5.41, 5.74) is 5.62. The Labute approximate surface area is 125 Å². The van der Waals surface area contributed by atoms with Gasteiger partial charge in [0.15, 0.2) is 0 Å². The molecule has 0 aliphatic heterocycles. The zero-order valence-corrected chi connectivity index (χ0v) is 14.4. The van der Waals surface area contributed by atoms with Gasteiger partial charge in [0.05, 0.1) is 5.41 Å². The normalized spacial score (nSPS) is 12.8. The van der Waals surface area contributed by atoms with Crippen molar-refractivity contribution in [1.82, 2.24) is 10.2 Å². The molecule has 0 aliphatic carbocycles. The third kappa shape index (κ3) is 6.23. The van der Waals surface area contributed by atoms with E-state index in [0.29, 0.717) is 13.1 Å². The lowest BCUT2D eigenvalue weighted by atomic mass is 9.78. The van der Waals surface area contributed by atoms with Gasteiger partial charge < -0.3 is 16.0 Å². The highest BCUT2D eigenvalue weighted by Gasteiger charge is 2.35. The highest BCUT2D eigenvalue weighted by atomic mass is 16.2. The Kier molecular flexibility index (Phi) is 8.36. The number of nitrogens with one attached hydrogen (secondary N) is 1. The van der Waals surface area contributed by atoms with Gasteiger partial charge in [0.1, 0.15) is 0 Å². The molecular formula is C16H35N3O. The molecule has 20 heavy (non-hydrogen) atoms. The number of carbonyl (C=O) groups excluding carboxylic acids is 1. The lowest BCUT2D eigenvalue weighted by molar-refractivity contribution is -0.132. The summed E-state index contributed by atoms with van der Waals surface area (Å²) < 4.78 is 0. The summed E-state index contributed by atoms with van der Waals surface area (Å²) in [4.78, 5) is 14.8. The van der Waals surface area contributed by atoms with E-state index in [-0.39, 0.29) is 16.7 Å². The molecule has 0 fully saturated rings. The Morgan fingerprint density at radius 3 is 2.00 bits per heavy atom. The summed E-state index contributed by atoms with van der Waals surface area (Å²) in [7, 11) is 4.11. The molecule has 0 rings (SSSR count). The molecule has 0 spiro atoms. The van der Waals surface area contributed by atoms with E-state index < -0.39 is 0 Å². The number of hydrogen-bond acceptors (Lipinski definition) is 3. The molecule has 0 saturated carbocycles. The zero-order chi connectivity index (χ0) is 15.8. The summed E-state index contributed by atoms with van der Waals surface area (Å²) in [6.07, 6.45) is 3.73. The Balaban J connectivity index is 4.68. The summed E-state index contributed by atoms with van der Waals surface area (Å²) in [5, 5.41) is 3.14. The molecule has 3 N–H and O–H groups in total. The molecule has 0 atom stereocenters. The molecule has 4 nitrogen and oxygen atoms in total. The van der Waals surface area contributed by atoms with Crippen molar-refractivity contribution in [2.75, 3.05) is 33.7 Å². The van der Waals surface area contributed by atoms with Gasteiger partial charge in [-0.05, 0) is 32.4 Å². The molecule has 1 amide bonds. The van der Waals surface area contributed by atoms with Crippen molar-refractivity contribution in [3.63, 3.8) is 0 Å². The molecule has 0 aromatic heterocycles. The van der Waals surface area contributed by atoms with E-state index >= 15 is 0 Å². The van der Waals surface area contributed by atoms with E-state index in [1.165, 1.54) is 0 Å². The van der Waals surface area contributed by atoms with Gasteiger partial charge in [-0.15, -0.1) is 0 Å². The molecule has 0 unspecified atom stereocenters. The van der Waals surface area contributed by atoms with E-state index in [1.807, 2.05) is 0 Å². The van der Waals surface area contributed by atoms with E-state index in [2.05, 4.69) is 52.0 Å². The number of amides is 1. The first kappa shape index (κ1) is 19.4. The topological polar surface area (TPSA) is 58.4 Å². The van der Waals surface area contributed by atoms with Crippen LogP contribution in [0.4, 0.5) is 0 Å². The van der Waals surface area contributed by atoms with Gasteiger partial charge in [-0.3, -0.25) is 4.79 Å². The van der Waals surface area contributed by atoms with Gasteiger partial charge in [-0.2, -0.15) is 0 Å². The van der Waals surface area contributed by atoms with Gasteiger partial charge in [-0.1, -0.05) is 40.5 Å². The fraction of sp³-hybridized carbons (Fsp3) is 0.938. The molecule has 0 aromatic rings. The van der Waals surface area contributed by atoms with Crippen molar-refractivity contribution >= 4 is 5.91 Å². The maximum absolute atomic E-state index is 12.6. The maximum atomic E-state index is 12.6. The van der Waals surface area contributed by atoms with Crippen molar-refractivity contribution in [3.8, 4) is 0 Å². The number of rotatable bonds is 10. The third-order valence-electron chi connectivity index (χ3n) is 3.80. The second-order valence-corrected chi connectivity index (χ2v) is 7.07. The van der Waals surface area contributed by atoms with Crippen LogP contribution in [0.5, 0.6) is 0 Å². The monoisotopic (exact) mass is 285 g/mol. The minimum absolute atomic E-state index is 0.0674. The van der Waals surface area contributed by atoms with Crippen LogP contribution in [0.15, 0.2) is 0 Å². The van der Waals surface area contributed by atoms with E-state index in [9.17, 15) is 4.79 Å². The SMILES string of the molecule is CCCC(CN)(CCC)C(=O)NCC(C)(C)CN(C)C. The lowest BCUT2D eigenvalue weighted by Gasteiger charge is -2.34. The summed E-state index contributed by atoms with van der Waals surface area (Å²) in [6, 6.07) is 0. The smallest absolute Gasteiger partial charge is 0.227 e. The number of nitrogens with zero attached hydrogens (tertiary/aromatic N) is 1. The van der Waals surface area contributed by atoms with Crippen molar-refractivity contribution < 1.29 is 4.79 Å². The minimum atomic E-state index is -0.377. The first-order chi connectivity index (χ1) is 9.23. The van der Waals surface area contributed by atoms with Gasteiger partial charge in [0.2, 0.25) is 5.91 Å². The zero-order valence-electron chi connectivity index (χ0n) is 14.4. The molecule has 0 bridgehead atoms. The van der Waals surface area contributed by atoms with Gasteiger partial charge in [-0.25, -0.2) is 0 Å². The van der Waals surface area contributed by atoms with Crippen LogP contribution in [0.1, 0.15) is 53.4 Å². The van der Waals surface area contributed by atoms with Crippen LogP contribution in [0.2, 0.25) is 0 Å². The third-order valence-corrected chi connectivity index (χ3v) is 3.80. The van der Waals surface area contributed by atoms with Gasteiger partial charge >= 0.3 is 0 Å². The lowest BCUT2D eigenvalue weighted by Crippen LogP contribution is -2.49. The van der Waals surface area contributed by atoms with Crippen LogP contribution in [-0.2, 0) is 4.79 Å². The minimum Gasteiger partial charge on any atom is -0.355 e. The molecular weight excluding hydrogens is 250 g/mol. The molecule has 0 heterocycles. The fourth-order valence-electron chi connectivity index (χ4n) is 3.03. The van der Waals surface area contributed by atoms with Crippen LogP contribution in [0.25, 0.3) is 0 Å². The summed E-state index contributed by atoms with van der Waals surface area (Å²) in [5.74, 6) is 0.135. The van der Waals surface area contributed by atoms with Crippen LogP contribution >= 0.6 is 0 Å². The van der Waals surface area contributed by atoms with Crippen LogP contribution in [0.3, 0.4) is 0 Å². The van der Waals surface area contributed by atoms with Crippen LogP contribution in [-0.4, -0.2) is 44.5 Å². The molecule has 4 heteroatoms. The standard InChI is InChI=1S/C16H35N3O/c1-7-9-16(11-17,10-8-2)14(20)18-12-15(3,4)13-19(5)6/h7-13,17H2,1-6H3,(H,18,20). The number of hydrogen-bond donors (Lipinski definition) is 2. The molecule has 0 saturated heterocycles. The van der Waals surface area contributed by atoms with Crippen molar-refractivity contribution in [1.29, 1.82) is 0 Å². The van der Waals surface area contributed by atoms with E-state index in [0.717, 1.165) is 32.2 Å². The van der Waals surface area contributed by atoms with Gasteiger partial charge in [0, 0.05) is 19.6 Å². The fourth-order valence-corrected chi connectivity index (χ4v) is 3.03. The maximum Gasteiger partial charge on any atom is 0.227 e. The van der Waals surface area contributed by atoms with E-state index in [4.69, 9.17) is 5.73 Å². The first-order valence-electron chi connectivity index (χ1n) is 7.86. The Morgan fingerprint density at radius 2 is 1.65 bits per heavy atom. The second kappa shape index (κ2) is 8.63. The number of carbonyl (C=O) groups is 1. The summed E-state index contributed by atoms with van der Waals surface area (Å²) in [6.45, 7) is 10.7. The Hall–Kier alpha value is -0.610. The Morgan fingerprint density at radius 1 is 1.15 bits per heavy atom. The van der Waals surface area contributed by atoms with Gasteiger partial charge in [0.25, 0.3) is 0 Å². The first-order valence-corrected chi connectivity index (χ1v) is 7.86. The highest BCUT2D eigenvalue weighted by Crippen LogP contribution is 2.29. The molecule has 0 aromatic carbocycles. The molecule has 120 valence electrons. The predicted octanol–water partition coefficient (Wildman–Crippen LogP) is 2.24.